The predicted molar refractivity (Wildman–Crippen MR) is 156 cm³/mol. The Morgan fingerprint density at radius 3 is 2.23 bits per heavy atom. The number of piperidine rings is 1. The topological polar surface area (TPSA) is 113 Å². The van der Waals surface area contributed by atoms with Crippen molar-refractivity contribution < 1.29 is 39.5 Å². The highest BCUT2D eigenvalue weighted by Crippen LogP contribution is 2.38. The Hall–Kier alpha value is -3.33. The number of nitrogens with zero attached hydrogens (tertiary/aromatic N) is 2. The van der Waals surface area contributed by atoms with E-state index in [2.05, 4.69) is 5.32 Å². The number of amides is 1. The van der Waals surface area contributed by atoms with E-state index in [1.165, 1.54) is 53.9 Å². The van der Waals surface area contributed by atoms with Crippen LogP contribution in [0.15, 0.2) is 70.5 Å². The monoisotopic (exact) mass is 659 g/mol. The number of methoxy groups -OCH3 is 1. The van der Waals surface area contributed by atoms with Gasteiger partial charge in [-0.2, -0.15) is 17.5 Å². The van der Waals surface area contributed by atoms with E-state index in [-0.39, 0.29) is 21.2 Å². The molecule has 0 aliphatic carbocycles. The van der Waals surface area contributed by atoms with Gasteiger partial charge in [-0.15, -0.1) is 0 Å². The van der Waals surface area contributed by atoms with Gasteiger partial charge in [-0.3, -0.25) is 9.10 Å². The van der Waals surface area contributed by atoms with Crippen LogP contribution >= 0.6 is 11.6 Å². The minimum absolute atomic E-state index is 0.0150. The van der Waals surface area contributed by atoms with Gasteiger partial charge < -0.3 is 10.1 Å². The van der Waals surface area contributed by atoms with Crippen LogP contribution in [0.4, 0.5) is 24.5 Å². The fraction of sp³-hybridized carbons (Fsp3) is 0.321. The maximum Gasteiger partial charge on any atom is 0.417 e. The number of alkyl halides is 3. The second kappa shape index (κ2) is 12.7. The first-order valence-electron chi connectivity index (χ1n) is 13.1. The van der Waals surface area contributed by atoms with Gasteiger partial charge in [-0.05, 0) is 68.3 Å². The van der Waals surface area contributed by atoms with Gasteiger partial charge in [0.25, 0.3) is 10.0 Å². The molecule has 3 aromatic rings. The van der Waals surface area contributed by atoms with Crippen molar-refractivity contribution in [3.63, 3.8) is 0 Å². The first kappa shape index (κ1) is 32.6. The molecular weight excluding hydrogens is 631 g/mol. The molecule has 1 saturated heterocycles. The van der Waals surface area contributed by atoms with Crippen LogP contribution in [0.5, 0.6) is 5.75 Å². The largest absolute Gasteiger partial charge is 0.495 e. The lowest BCUT2D eigenvalue weighted by molar-refractivity contribution is -0.137. The normalized spacial score (nSPS) is 14.7. The summed E-state index contributed by atoms with van der Waals surface area (Å²) in [6.45, 7) is 1.45. The molecule has 4 rings (SSSR count). The molecule has 232 valence electrons. The lowest BCUT2D eigenvalue weighted by atomic mass is 10.2. The maximum absolute atomic E-state index is 13.7. The molecular formula is C28H29ClF3N3O6S2. The molecule has 43 heavy (non-hydrogen) atoms. The van der Waals surface area contributed by atoms with E-state index >= 15 is 0 Å². The van der Waals surface area contributed by atoms with Crippen molar-refractivity contribution in [1.82, 2.24) is 4.31 Å². The van der Waals surface area contributed by atoms with Crippen molar-refractivity contribution in [2.45, 2.75) is 42.2 Å². The Balaban J connectivity index is 1.70. The molecule has 1 amide bonds. The van der Waals surface area contributed by atoms with Gasteiger partial charge in [0.1, 0.15) is 17.2 Å². The van der Waals surface area contributed by atoms with Gasteiger partial charge in [0.15, 0.2) is 0 Å². The molecule has 1 fully saturated rings. The van der Waals surface area contributed by atoms with Crippen molar-refractivity contribution in [2.24, 2.45) is 0 Å². The molecule has 1 aliphatic heterocycles. The zero-order chi connectivity index (χ0) is 31.6. The smallest absolute Gasteiger partial charge is 0.417 e. The molecule has 1 aliphatic rings. The summed E-state index contributed by atoms with van der Waals surface area (Å²) >= 11 is 5.75. The number of anilines is 2. The summed E-state index contributed by atoms with van der Waals surface area (Å²) in [4.78, 5) is 12.8. The van der Waals surface area contributed by atoms with E-state index in [1.54, 1.807) is 6.92 Å². The van der Waals surface area contributed by atoms with Gasteiger partial charge in [-0.1, -0.05) is 35.7 Å². The summed E-state index contributed by atoms with van der Waals surface area (Å²) in [5.41, 5.74) is -0.973. The average Bonchev–Trinajstić information content (AvgIpc) is 2.96. The van der Waals surface area contributed by atoms with E-state index in [0.29, 0.717) is 36.3 Å². The molecule has 0 unspecified atom stereocenters. The highest BCUT2D eigenvalue weighted by atomic mass is 35.5. The van der Waals surface area contributed by atoms with Crippen LogP contribution < -0.4 is 14.4 Å². The molecule has 0 atom stereocenters. The third-order valence-corrected chi connectivity index (χ3v) is 10.9. The van der Waals surface area contributed by atoms with Gasteiger partial charge in [-0.25, -0.2) is 16.8 Å². The zero-order valence-corrected chi connectivity index (χ0v) is 25.6. The number of hydrogen-bond acceptors (Lipinski definition) is 6. The molecule has 15 heteroatoms. The number of sulfonamides is 2. The molecule has 1 N–H and O–H groups in total. The van der Waals surface area contributed by atoms with Gasteiger partial charge in [0.05, 0.1) is 28.3 Å². The van der Waals surface area contributed by atoms with Crippen molar-refractivity contribution in [3.05, 3.63) is 76.8 Å². The van der Waals surface area contributed by atoms with Gasteiger partial charge >= 0.3 is 6.18 Å². The number of rotatable bonds is 9. The second-order valence-electron chi connectivity index (χ2n) is 9.87. The first-order valence-corrected chi connectivity index (χ1v) is 16.3. The minimum atomic E-state index is -4.89. The number of carbonyl (C=O) groups excluding carboxylic acids is 1. The number of carbonyl (C=O) groups is 1. The molecule has 9 nitrogen and oxygen atoms in total. The average molecular weight is 660 g/mol. The summed E-state index contributed by atoms with van der Waals surface area (Å²) in [6.07, 6.45) is -2.60. The molecule has 1 heterocycles. The quantitative estimate of drug-likeness (QED) is 0.316. The Bertz CT molecular complexity index is 1710. The van der Waals surface area contributed by atoms with Crippen LogP contribution in [0, 0.1) is 6.92 Å². The Morgan fingerprint density at radius 1 is 0.977 bits per heavy atom. The predicted octanol–water partition coefficient (Wildman–Crippen LogP) is 5.68. The second-order valence-corrected chi connectivity index (χ2v) is 14.0. The third-order valence-electron chi connectivity index (χ3n) is 6.82. The number of halogens is 4. The number of nitrogens with one attached hydrogen (secondary N) is 1. The van der Waals surface area contributed by atoms with Crippen molar-refractivity contribution in [1.29, 1.82) is 0 Å². The van der Waals surface area contributed by atoms with Crippen molar-refractivity contribution in [3.8, 4) is 5.75 Å². The fourth-order valence-corrected chi connectivity index (χ4v) is 7.91. The Kier molecular flexibility index (Phi) is 9.64. The van der Waals surface area contributed by atoms with E-state index in [4.69, 9.17) is 16.3 Å². The molecule has 0 radical (unpaired) electrons. The number of benzene rings is 3. The van der Waals surface area contributed by atoms with E-state index in [1.807, 2.05) is 0 Å². The van der Waals surface area contributed by atoms with Gasteiger partial charge in [0.2, 0.25) is 15.9 Å². The zero-order valence-electron chi connectivity index (χ0n) is 23.2. The van der Waals surface area contributed by atoms with Crippen LogP contribution in [0.3, 0.4) is 0 Å². The lowest BCUT2D eigenvalue weighted by Crippen LogP contribution is -2.38. The summed E-state index contributed by atoms with van der Waals surface area (Å²) in [6, 6.07) is 12.0. The third kappa shape index (κ3) is 7.25. The first-order chi connectivity index (χ1) is 20.1. The highest BCUT2D eigenvalue weighted by Gasteiger charge is 2.36. The molecule has 0 bridgehead atoms. The summed E-state index contributed by atoms with van der Waals surface area (Å²) in [5, 5.41) is 1.82. The Labute approximate surface area is 253 Å². The van der Waals surface area contributed by atoms with E-state index in [9.17, 15) is 34.8 Å². The number of ether oxygens (including phenoxy) is 1. The minimum Gasteiger partial charge on any atom is -0.495 e. The highest BCUT2D eigenvalue weighted by molar-refractivity contribution is 7.92. The lowest BCUT2D eigenvalue weighted by Gasteiger charge is -2.27. The van der Waals surface area contributed by atoms with E-state index in [0.717, 1.165) is 24.1 Å². The molecule has 0 spiro atoms. The van der Waals surface area contributed by atoms with E-state index < -0.39 is 54.9 Å². The summed E-state index contributed by atoms with van der Waals surface area (Å²) in [5.74, 6) is -0.890. The molecule has 0 aromatic heterocycles. The van der Waals surface area contributed by atoms with Crippen molar-refractivity contribution in [2.75, 3.05) is 36.4 Å². The molecule has 0 saturated carbocycles. The summed E-state index contributed by atoms with van der Waals surface area (Å²) in [7, 11) is -7.23. The maximum atomic E-state index is 13.7. The Morgan fingerprint density at radius 2 is 1.63 bits per heavy atom. The van der Waals surface area contributed by atoms with Crippen LogP contribution in [-0.4, -0.2) is 53.8 Å². The summed E-state index contributed by atoms with van der Waals surface area (Å²) < 4.78 is 102. The standard InChI is InChI=1S/C28H29ClF3N3O6S2/c1-19-6-10-22(11-7-19)42(37,38)35(21-9-12-24(29)23(17-21)28(30,31)32)18-27(36)33-20-8-13-25(41-2)26(16-20)43(39,40)34-14-4-3-5-15-34/h6-13,16-17H,3-5,14-15,18H2,1-2H3,(H,33,36). The van der Waals surface area contributed by atoms with Crippen LogP contribution in [0.25, 0.3) is 0 Å². The van der Waals surface area contributed by atoms with Gasteiger partial charge in [0, 0.05) is 18.8 Å². The van der Waals surface area contributed by atoms with Crippen LogP contribution in [-0.2, 0) is 31.0 Å². The number of aryl methyl sites for hydroxylation is 1. The molecule has 3 aromatic carbocycles. The number of hydrogen-bond donors (Lipinski definition) is 1. The fourth-order valence-electron chi connectivity index (χ4n) is 4.57. The van der Waals surface area contributed by atoms with Crippen molar-refractivity contribution >= 4 is 48.9 Å². The van der Waals surface area contributed by atoms with Crippen LogP contribution in [0.1, 0.15) is 30.4 Å². The SMILES string of the molecule is COc1ccc(NC(=O)CN(c2ccc(Cl)c(C(F)(F)F)c2)S(=O)(=O)c2ccc(C)cc2)cc1S(=O)(=O)N1CCCCC1. The van der Waals surface area contributed by atoms with Crippen LogP contribution in [0.2, 0.25) is 5.02 Å².